The first-order valence-electron chi connectivity index (χ1n) is 5.94. The van der Waals surface area contributed by atoms with Gasteiger partial charge in [0.25, 0.3) is 0 Å². The molecule has 0 bridgehead atoms. The van der Waals surface area contributed by atoms with Gasteiger partial charge >= 0.3 is 12.3 Å². The maximum Gasteiger partial charge on any atom is 0.573 e. The standard InChI is InChI=1S/C13H15F3O4/c1-3-19-12(17)7-4-9-8-10(18-2)5-6-11(9)20-13(14,15)16/h5-6,8H,3-4,7H2,1-2H3. The van der Waals surface area contributed by atoms with Crippen LogP contribution in [0.15, 0.2) is 18.2 Å². The van der Waals surface area contributed by atoms with Crippen LogP contribution in [0.3, 0.4) is 0 Å². The number of carbonyl (C=O) groups excluding carboxylic acids is 1. The smallest absolute Gasteiger partial charge is 0.497 e. The minimum Gasteiger partial charge on any atom is -0.497 e. The summed E-state index contributed by atoms with van der Waals surface area (Å²) < 4.78 is 50.4. The Labute approximate surface area is 114 Å². The lowest BCUT2D eigenvalue weighted by Gasteiger charge is -2.14. The first-order valence-corrected chi connectivity index (χ1v) is 5.94. The molecular weight excluding hydrogens is 277 g/mol. The number of halogens is 3. The molecule has 0 aliphatic rings. The molecule has 0 heterocycles. The van der Waals surface area contributed by atoms with Gasteiger partial charge in [0.05, 0.1) is 13.7 Å². The van der Waals surface area contributed by atoms with Crippen LogP contribution in [-0.2, 0) is 16.0 Å². The van der Waals surface area contributed by atoms with E-state index in [-0.39, 0.29) is 30.8 Å². The molecule has 0 amide bonds. The van der Waals surface area contributed by atoms with E-state index < -0.39 is 12.3 Å². The molecular formula is C13H15F3O4. The summed E-state index contributed by atoms with van der Waals surface area (Å²) in [4.78, 5) is 11.3. The lowest BCUT2D eigenvalue weighted by molar-refractivity contribution is -0.274. The molecule has 112 valence electrons. The van der Waals surface area contributed by atoms with Crippen molar-refractivity contribution in [1.29, 1.82) is 0 Å². The summed E-state index contributed by atoms with van der Waals surface area (Å²) in [7, 11) is 1.40. The molecule has 0 saturated carbocycles. The molecule has 1 aromatic carbocycles. The number of hydrogen-bond donors (Lipinski definition) is 0. The van der Waals surface area contributed by atoms with Gasteiger partial charge in [-0.2, -0.15) is 0 Å². The maximum absolute atomic E-state index is 12.3. The second-order valence-electron chi connectivity index (χ2n) is 3.83. The molecule has 20 heavy (non-hydrogen) atoms. The van der Waals surface area contributed by atoms with E-state index in [0.717, 1.165) is 6.07 Å². The summed E-state index contributed by atoms with van der Waals surface area (Å²) in [6, 6.07) is 3.92. The Morgan fingerprint density at radius 1 is 1.30 bits per heavy atom. The SMILES string of the molecule is CCOC(=O)CCc1cc(OC)ccc1OC(F)(F)F. The third-order valence-corrected chi connectivity index (χ3v) is 2.40. The second kappa shape index (κ2) is 7.02. The van der Waals surface area contributed by atoms with Crippen molar-refractivity contribution in [2.24, 2.45) is 0 Å². The number of ether oxygens (including phenoxy) is 3. The topological polar surface area (TPSA) is 44.8 Å². The maximum atomic E-state index is 12.3. The highest BCUT2D eigenvalue weighted by Crippen LogP contribution is 2.30. The predicted octanol–water partition coefficient (Wildman–Crippen LogP) is 3.09. The lowest BCUT2D eigenvalue weighted by Crippen LogP contribution is -2.18. The molecule has 1 rings (SSSR count). The first kappa shape index (κ1) is 16.1. The Bertz CT molecular complexity index is 457. The number of benzene rings is 1. The van der Waals surface area contributed by atoms with Crippen molar-refractivity contribution in [2.45, 2.75) is 26.1 Å². The van der Waals surface area contributed by atoms with Gasteiger partial charge in [-0.05, 0) is 37.1 Å². The van der Waals surface area contributed by atoms with Crippen molar-refractivity contribution in [3.8, 4) is 11.5 Å². The van der Waals surface area contributed by atoms with Gasteiger partial charge in [-0.1, -0.05) is 0 Å². The summed E-state index contributed by atoms with van der Waals surface area (Å²) in [5.74, 6) is -0.436. The lowest BCUT2D eigenvalue weighted by atomic mass is 10.1. The highest BCUT2D eigenvalue weighted by Gasteiger charge is 2.32. The molecule has 0 aliphatic carbocycles. The van der Waals surface area contributed by atoms with E-state index >= 15 is 0 Å². The van der Waals surface area contributed by atoms with E-state index in [9.17, 15) is 18.0 Å². The van der Waals surface area contributed by atoms with Gasteiger partial charge < -0.3 is 14.2 Å². The number of aryl methyl sites for hydroxylation is 1. The van der Waals surface area contributed by atoms with E-state index in [1.807, 2.05) is 0 Å². The minimum atomic E-state index is -4.78. The molecule has 0 radical (unpaired) electrons. The van der Waals surface area contributed by atoms with Crippen LogP contribution in [0.1, 0.15) is 18.9 Å². The zero-order valence-electron chi connectivity index (χ0n) is 11.1. The molecule has 7 heteroatoms. The van der Waals surface area contributed by atoms with Gasteiger partial charge in [-0.15, -0.1) is 13.2 Å². The zero-order valence-corrected chi connectivity index (χ0v) is 11.1. The van der Waals surface area contributed by atoms with Crippen LogP contribution in [0.2, 0.25) is 0 Å². The Kier molecular flexibility index (Phi) is 5.66. The Morgan fingerprint density at radius 3 is 2.55 bits per heavy atom. The molecule has 0 fully saturated rings. The summed E-state index contributed by atoms with van der Waals surface area (Å²) in [5, 5.41) is 0. The number of methoxy groups -OCH3 is 1. The van der Waals surface area contributed by atoms with Crippen LogP contribution in [0.4, 0.5) is 13.2 Å². The van der Waals surface area contributed by atoms with E-state index in [1.165, 1.54) is 19.2 Å². The van der Waals surface area contributed by atoms with Crippen molar-refractivity contribution in [1.82, 2.24) is 0 Å². The van der Waals surface area contributed by atoms with Crippen molar-refractivity contribution < 1.29 is 32.2 Å². The van der Waals surface area contributed by atoms with E-state index in [1.54, 1.807) is 6.92 Å². The first-order chi connectivity index (χ1) is 9.35. The highest BCUT2D eigenvalue weighted by molar-refractivity contribution is 5.69. The molecule has 0 saturated heterocycles. The van der Waals surface area contributed by atoms with E-state index in [0.29, 0.717) is 5.75 Å². The molecule has 0 spiro atoms. The minimum absolute atomic E-state index is 0.0325. The third kappa shape index (κ3) is 5.38. The Hall–Kier alpha value is -1.92. The fourth-order valence-electron chi connectivity index (χ4n) is 1.57. The average molecular weight is 292 g/mol. The summed E-state index contributed by atoms with van der Waals surface area (Å²) in [6.07, 6.45) is -4.75. The normalized spacial score (nSPS) is 11.1. The van der Waals surface area contributed by atoms with Crippen LogP contribution in [0.25, 0.3) is 0 Å². The summed E-state index contributed by atoms with van der Waals surface area (Å²) >= 11 is 0. The fourth-order valence-corrected chi connectivity index (χ4v) is 1.57. The third-order valence-electron chi connectivity index (χ3n) is 2.40. The van der Waals surface area contributed by atoms with Crippen LogP contribution < -0.4 is 9.47 Å². The summed E-state index contributed by atoms with van der Waals surface area (Å²) in [5.41, 5.74) is 0.231. The van der Waals surface area contributed by atoms with Gasteiger partial charge in [-0.3, -0.25) is 4.79 Å². The highest BCUT2D eigenvalue weighted by atomic mass is 19.4. The van der Waals surface area contributed by atoms with Crippen molar-refractivity contribution >= 4 is 5.97 Å². The molecule has 0 atom stereocenters. The molecule has 0 aliphatic heterocycles. The molecule has 0 N–H and O–H groups in total. The zero-order chi connectivity index (χ0) is 15.2. The van der Waals surface area contributed by atoms with Crippen molar-refractivity contribution in [3.63, 3.8) is 0 Å². The molecule has 0 unspecified atom stereocenters. The van der Waals surface area contributed by atoms with Gasteiger partial charge in [0.1, 0.15) is 11.5 Å². The Balaban J connectivity index is 2.86. The van der Waals surface area contributed by atoms with Gasteiger partial charge in [-0.25, -0.2) is 0 Å². The van der Waals surface area contributed by atoms with Crippen LogP contribution >= 0.6 is 0 Å². The van der Waals surface area contributed by atoms with Gasteiger partial charge in [0.15, 0.2) is 0 Å². The van der Waals surface area contributed by atoms with Crippen LogP contribution in [0.5, 0.6) is 11.5 Å². The number of rotatable bonds is 6. The quantitative estimate of drug-likeness (QED) is 0.756. The Morgan fingerprint density at radius 2 is 2.00 bits per heavy atom. The monoisotopic (exact) mass is 292 g/mol. The number of esters is 1. The average Bonchev–Trinajstić information content (AvgIpc) is 2.36. The molecule has 1 aromatic rings. The molecule has 4 nitrogen and oxygen atoms in total. The number of alkyl halides is 3. The second-order valence-corrected chi connectivity index (χ2v) is 3.83. The van der Waals surface area contributed by atoms with Crippen LogP contribution in [0, 0.1) is 0 Å². The van der Waals surface area contributed by atoms with Gasteiger partial charge in [0, 0.05) is 6.42 Å². The summed E-state index contributed by atoms with van der Waals surface area (Å²) in [6.45, 7) is 1.88. The van der Waals surface area contributed by atoms with E-state index in [4.69, 9.17) is 9.47 Å². The van der Waals surface area contributed by atoms with Crippen molar-refractivity contribution in [3.05, 3.63) is 23.8 Å². The molecule has 0 aromatic heterocycles. The number of carbonyl (C=O) groups is 1. The van der Waals surface area contributed by atoms with Crippen molar-refractivity contribution in [2.75, 3.05) is 13.7 Å². The number of hydrogen-bond acceptors (Lipinski definition) is 4. The van der Waals surface area contributed by atoms with E-state index in [2.05, 4.69) is 4.74 Å². The fraction of sp³-hybridized carbons (Fsp3) is 0.462. The predicted molar refractivity (Wildman–Crippen MR) is 64.6 cm³/mol. The largest absolute Gasteiger partial charge is 0.573 e. The van der Waals surface area contributed by atoms with Crippen LogP contribution in [-0.4, -0.2) is 26.0 Å². The van der Waals surface area contributed by atoms with Gasteiger partial charge in [0.2, 0.25) is 0 Å².